The van der Waals surface area contributed by atoms with Crippen molar-refractivity contribution < 1.29 is 17.2 Å². The topological polar surface area (TPSA) is 59.1 Å². The van der Waals surface area contributed by atoms with Crippen molar-refractivity contribution in [2.45, 2.75) is 19.8 Å². The van der Waals surface area contributed by atoms with E-state index in [1.165, 1.54) is 18.2 Å². The second kappa shape index (κ2) is 7.65. The third-order valence-corrected chi connectivity index (χ3v) is 5.74. The van der Waals surface area contributed by atoms with Crippen molar-refractivity contribution in [3.63, 3.8) is 0 Å². The third-order valence-electron chi connectivity index (χ3n) is 5.14. The van der Waals surface area contributed by atoms with E-state index in [-0.39, 0.29) is 11.5 Å². The maximum atomic E-state index is 14.3. The van der Waals surface area contributed by atoms with Crippen LogP contribution in [-0.2, 0) is 22.9 Å². The molecule has 0 saturated carbocycles. The Bertz CT molecular complexity index is 1280. The number of pyridine rings is 1. The van der Waals surface area contributed by atoms with Crippen LogP contribution in [0.4, 0.5) is 14.5 Å². The fraction of sp³-hybridized carbons (Fsp3) is 0.174. The second-order valence-corrected chi connectivity index (χ2v) is 9.15. The number of hydrogen-bond acceptors (Lipinski definition) is 3. The van der Waals surface area contributed by atoms with Gasteiger partial charge in [-0.15, -0.1) is 0 Å². The molecular formula is C23H20F2N2O2S. The lowest BCUT2D eigenvalue weighted by Crippen LogP contribution is -2.10. The molecule has 1 aliphatic carbocycles. The SMILES string of the molecule is C/C(=C1/c2ccc(F)cc2CCc2ncccc21)c1cc(F)cc(NS(C)(=O)=O)c1. The van der Waals surface area contributed by atoms with Crippen LogP contribution in [0.1, 0.15) is 34.9 Å². The Morgan fingerprint density at radius 2 is 1.80 bits per heavy atom. The Balaban J connectivity index is 1.98. The molecule has 0 aliphatic heterocycles. The van der Waals surface area contributed by atoms with Crippen molar-refractivity contribution in [3.05, 3.63) is 94.3 Å². The number of nitrogens with one attached hydrogen (secondary N) is 1. The standard InChI is InChI=1S/C23H20F2N2O2S/c1-14(16-11-18(25)13-19(12-16)27-30(2,28)29)23-20-7-6-17(24)10-15(20)5-8-22-21(23)4-3-9-26-22/h3-4,6-7,9-13,27H,5,8H2,1-2H3/b23-14+. The van der Waals surface area contributed by atoms with Gasteiger partial charge in [-0.1, -0.05) is 12.1 Å². The van der Waals surface area contributed by atoms with Gasteiger partial charge < -0.3 is 0 Å². The number of anilines is 1. The zero-order valence-corrected chi connectivity index (χ0v) is 17.4. The summed E-state index contributed by atoms with van der Waals surface area (Å²) in [6.45, 7) is 1.85. The van der Waals surface area contributed by atoms with E-state index in [1.807, 2.05) is 19.1 Å². The number of halogens is 2. The summed E-state index contributed by atoms with van der Waals surface area (Å²) in [5, 5.41) is 0. The van der Waals surface area contributed by atoms with E-state index in [1.54, 1.807) is 18.3 Å². The molecule has 0 atom stereocenters. The van der Waals surface area contributed by atoms with Crippen molar-refractivity contribution in [1.29, 1.82) is 0 Å². The summed E-state index contributed by atoms with van der Waals surface area (Å²) >= 11 is 0. The first-order valence-corrected chi connectivity index (χ1v) is 11.3. The first-order chi connectivity index (χ1) is 14.2. The van der Waals surface area contributed by atoms with Gasteiger partial charge in [0, 0.05) is 17.5 Å². The molecule has 0 radical (unpaired) electrons. The molecule has 0 amide bonds. The molecule has 7 heteroatoms. The van der Waals surface area contributed by atoms with Crippen LogP contribution >= 0.6 is 0 Å². The molecule has 0 saturated heterocycles. The summed E-state index contributed by atoms with van der Waals surface area (Å²) in [5.74, 6) is -0.868. The molecule has 1 N–H and O–H groups in total. The fourth-order valence-electron chi connectivity index (χ4n) is 3.90. The van der Waals surface area contributed by atoms with E-state index < -0.39 is 15.8 Å². The largest absolute Gasteiger partial charge is 0.284 e. The molecule has 1 heterocycles. The van der Waals surface area contributed by atoms with Crippen LogP contribution in [0.25, 0.3) is 11.1 Å². The average molecular weight is 426 g/mol. The van der Waals surface area contributed by atoms with Crippen LogP contribution < -0.4 is 4.72 Å². The highest BCUT2D eigenvalue weighted by molar-refractivity contribution is 7.92. The van der Waals surface area contributed by atoms with Gasteiger partial charge in [-0.3, -0.25) is 9.71 Å². The van der Waals surface area contributed by atoms with Gasteiger partial charge in [0.05, 0.1) is 11.9 Å². The van der Waals surface area contributed by atoms with Crippen molar-refractivity contribution >= 4 is 26.9 Å². The van der Waals surface area contributed by atoms with Gasteiger partial charge in [0.2, 0.25) is 10.0 Å². The van der Waals surface area contributed by atoms with Crippen molar-refractivity contribution in [3.8, 4) is 0 Å². The summed E-state index contributed by atoms with van der Waals surface area (Å²) in [7, 11) is -3.55. The third kappa shape index (κ3) is 4.11. The Morgan fingerprint density at radius 1 is 1.00 bits per heavy atom. The van der Waals surface area contributed by atoms with Crippen LogP contribution in [0, 0.1) is 11.6 Å². The molecule has 4 nitrogen and oxygen atoms in total. The zero-order chi connectivity index (χ0) is 21.5. The number of benzene rings is 2. The minimum absolute atomic E-state index is 0.145. The van der Waals surface area contributed by atoms with E-state index in [9.17, 15) is 17.2 Å². The highest BCUT2D eigenvalue weighted by Crippen LogP contribution is 2.38. The molecule has 1 aromatic heterocycles. The highest BCUT2D eigenvalue weighted by Gasteiger charge is 2.22. The van der Waals surface area contributed by atoms with E-state index in [0.29, 0.717) is 18.4 Å². The van der Waals surface area contributed by atoms with Gasteiger partial charge in [-0.05, 0) is 84.0 Å². The maximum Gasteiger partial charge on any atom is 0.229 e. The second-order valence-electron chi connectivity index (χ2n) is 7.40. The quantitative estimate of drug-likeness (QED) is 0.654. The lowest BCUT2D eigenvalue weighted by atomic mass is 9.88. The minimum atomic E-state index is -3.55. The van der Waals surface area contributed by atoms with E-state index in [2.05, 4.69) is 9.71 Å². The molecule has 1 aliphatic rings. The van der Waals surface area contributed by atoms with Crippen LogP contribution in [0.5, 0.6) is 0 Å². The first kappa shape index (κ1) is 20.2. The number of aromatic nitrogens is 1. The molecular weight excluding hydrogens is 406 g/mol. The van der Waals surface area contributed by atoms with Gasteiger partial charge in [0.15, 0.2) is 0 Å². The fourth-order valence-corrected chi connectivity index (χ4v) is 4.45. The number of allylic oxidation sites excluding steroid dienone is 1. The summed E-state index contributed by atoms with van der Waals surface area (Å²) in [5.41, 5.74) is 5.76. The Kier molecular flexibility index (Phi) is 5.15. The lowest BCUT2D eigenvalue weighted by molar-refractivity contribution is 0.606. The van der Waals surface area contributed by atoms with E-state index >= 15 is 0 Å². The molecule has 2 aromatic carbocycles. The maximum absolute atomic E-state index is 14.3. The van der Waals surface area contributed by atoms with E-state index in [0.717, 1.165) is 45.9 Å². The summed E-state index contributed by atoms with van der Waals surface area (Å²) in [6, 6.07) is 12.6. The van der Waals surface area contributed by atoms with Crippen LogP contribution in [0.2, 0.25) is 0 Å². The monoisotopic (exact) mass is 426 g/mol. The molecule has 3 aromatic rings. The van der Waals surface area contributed by atoms with Crippen LogP contribution in [0.15, 0.2) is 54.7 Å². The molecule has 0 fully saturated rings. The molecule has 4 rings (SSSR count). The molecule has 30 heavy (non-hydrogen) atoms. The Hall–Kier alpha value is -3.06. The lowest BCUT2D eigenvalue weighted by Gasteiger charge is -2.17. The Labute approximate surface area is 174 Å². The number of sulfonamides is 1. The smallest absolute Gasteiger partial charge is 0.229 e. The highest BCUT2D eigenvalue weighted by atomic mass is 32.2. The predicted molar refractivity (Wildman–Crippen MR) is 115 cm³/mol. The first-order valence-electron chi connectivity index (χ1n) is 9.44. The van der Waals surface area contributed by atoms with Gasteiger partial charge in [-0.25, -0.2) is 17.2 Å². The number of fused-ring (bicyclic) bond motifs is 2. The summed E-state index contributed by atoms with van der Waals surface area (Å²) in [4.78, 5) is 4.50. The molecule has 0 bridgehead atoms. The Morgan fingerprint density at radius 3 is 2.57 bits per heavy atom. The minimum Gasteiger partial charge on any atom is -0.284 e. The van der Waals surface area contributed by atoms with Gasteiger partial charge in [-0.2, -0.15) is 0 Å². The zero-order valence-electron chi connectivity index (χ0n) is 16.5. The summed E-state index contributed by atoms with van der Waals surface area (Å²) < 4.78 is 53.8. The number of rotatable bonds is 3. The van der Waals surface area contributed by atoms with Gasteiger partial charge in [0.1, 0.15) is 11.6 Å². The molecule has 0 spiro atoms. The van der Waals surface area contributed by atoms with Crippen LogP contribution in [0.3, 0.4) is 0 Å². The van der Waals surface area contributed by atoms with Gasteiger partial charge >= 0.3 is 0 Å². The number of hydrogen-bond donors (Lipinski definition) is 1. The molecule has 154 valence electrons. The van der Waals surface area contributed by atoms with Crippen LogP contribution in [-0.4, -0.2) is 19.7 Å². The van der Waals surface area contributed by atoms with Crippen molar-refractivity contribution in [2.24, 2.45) is 0 Å². The average Bonchev–Trinajstić information content (AvgIpc) is 2.82. The molecule has 0 unspecified atom stereocenters. The number of nitrogens with zero attached hydrogens (tertiary/aromatic N) is 1. The van der Waals surface area contributed by atoms with Gasteiger partial charge in [0.25, 0.3) is 0 Å². The number of aryl methyl sites for hydroxylation is 2. The predicted octanol–water partition coefficient (Wildman–Crippen LogP) is 4.81. The van der Waals surface area contributed by atoms with E-state index in [4.69, 9.17) is 0 Å². The normalized spacial score (nSPS) is 15.1. The summed E-state index contributed by atoms with van der Waals surface area (Å²) in [6.07, 6.45) is 4.03. The van der Waals surface area contributed by atoms with Crippen molar-refractivity contribution in [1.82, 2.24) is 4.98 Å². The van der Waals surface area contributed by atoms with Crippen molar-refractivity contribution in [2.75, 3.05) is 11.0 Å².